The number of amides is 1. The number of hydrogen-bond donors (Lipinski definition) is 1. The second-order valence-electron chi connectivity index (χ2n) is 5.86. The second kappa shape index (κ2) is 7.98. The van der Waals surface area contributed by atoms with E-state index in [1.54, 1.807) is 18.3 Å². The van der Waals surface area contributed by atoms with Crippen molar-refractivity contribution in [2.45, 2.75) is 49.1 Å². The molecule has 1 atom stereocenters. The minimum atomic E-state index is -0.755. The maximum atomic E-state index is 12.0. The summed E-state index contributed by atoms with van der Waals surface area (Å²) in [6.45, 7) is 1.62. The third-order valence-electron chi connectivity index (χ3n) is 3.97. The number of para-hydroxylation sites is 1. The third kappa shape index (κ3) is 4.48. The zero-order valence-electron chi connectivity index (χ0n) is 13.5. The van der Waals surface area contributed by atoms with Gasteiger partial charge in [-0.1, -0.05) is 36.7 Å². The largest absolute Gasteiger partial charge is 0.452 e. The zero-order chi connectivity index (χ0) is 16.9. The van der Waals surface area contributed by atoms with Crippen molar-refractivity contribution in [3.63, 3.8) is 0 Å². The highest BCUT2D eigenvalue weighted by Gasteiger charge is 2.23. The number of esters is 1. The fourth-order valence-corrected chi connectivity index (χ4v) is 4.56. The van der Waals surface area contributed by atoms with Gasteiger partial charge in [0.2, 0.25) is 0 Å². The van der Waals surface area contributed by atoms with Gasteiger partial charge in [-0.2, -0.15) is 0 Å². The molecule has 0 spiro atoms. The van der Waals surface area contributed by atoms with Gasteiger partial charge in [0, 0.05) is 6.04 Å². The molecule has 1 heterocycles. The van der Waals surface area contributed by atoms with Crippen LogP contribution in [0.5, 0.6) is 0 Å². The van der Waals surface area contributed by atoms with Gasteiger partial charge >= 0.3 is 5.97 Å². The van der Waals surface area contributed by atoms with Crippen LogP contribution in [0.15, 0.2) is 28.6 Å². The summed E-state index contributed by atoms with van der Waals surface area (Å²) in [5, 5.41) is 2.94. The average Bonchev–Trinajstić information content (AvgIpc) is 3.21. The number of thioether (sulfide) groups is 1. The molecule has 1 amide bonds. The first-order chi connectivity index (χ1) is 11.6. The van der Waals surface area contributed by atoms with Gasteiger partial charge in [0.05, 0.1) is 16.0 Å². The van der Waals surface area contributed by atoms with Crippen molar-refractivity contribution in [3.8, 4) is 0 Å². The molecular formula is C17H20N2O3S2. The van der Waals surface area contributed by atoms with Crippen molar-refractivity contribution in [1.82, 2.24) is 10.3 Å². The van der Waals surface area contributed by atoms with E-state index in [0.29, 0.717) is 0 Å². The van der Waals surface area contributed by atoms with Gasteiger partial charge < -0.3 is 10.1 Å². The van der Waals surface area contributed by atoms with E-state index in [-0.39, 0.29) is 17.7 Å². The molecule has 2 aromatic rings. The van der Waals surface area contributed by atoms with Gasteiger partial charge in [0.15, 0.2) is 10.4 Å². The van der Waals surface area contributed by atoms with Gasteiger partial charge in [-0.25, -0.2) is 4.98 Å². The molecule has 1 saturated carbocycles. The number of ether oxygens (including phenoxy) is 1. The molecule has 0 bridgehead atoms. The predicted molar refractivity (Wildman–Crippen MR) is 96.3 cm³/mol. The first-order valence-corrected chi connectivity index (χ1v) is 9.90. The van der Waals surface area contributed by atoms with Crippen LogP contribution in [0, 0.1) is 0 Å². The zero-order valence-corrected chi connectivity index (χ0v) is 15.1. The number of nitrogens with zero attached hydrogens (tertiary/aromatic N) is 1. The Kier molecular flexibility index (Phi) is 5.73. The van der Waals surface area contributed by atoms with E-state index in [1.165, 1.54) is 11.8 Å². The van der Waals surface area contributed by atoms with Gasteiger partial charge in [-0.05, 0) is 31.9 Å². The van der Waals surface area contributed by atoms with Gasteiger partial charge in [0.25, 0.3) is 5.91 Å². The standard InChI is InChI=1S/C17H20N2O3S2/c1-11(16(21)18-12-6-2-3-7-12)22-15(20)10-23-17-19-13-8-4-5-9-14(13)24-17/h4-5,8-9,11-12H,2-3,6-7,10H2,1H3,(H,18,21)/t11-/m0/s1. The SMILES string of the molecule is C[C@H](OC(=O)CSc1nc2ccccc2s1)C(=O)NC1CCCC1. The number of thiazole rings is 1. The molecule has 0 radical (unpaired) electrons. The van der Waals surface area contributed by atoms with Crippen molar-refractivity contribution >= 4 is 45.2 Å². The lowest BCUT2D eigenvalue weighted by molar-refractivity contribution is -0.152. The normalized spacial score (nSPS) is 16.2. The summed E-state index contributed by atoms with van der Waals surface area (Å²) in [5.41, 5.74) is 0.933. The van der Waals surface area contributed by atoms with E-state index in [9.17, 15) is 9.59 Å². The molecule has 3 rings (SSSR count). The topological polar surface area (TPSA) is 68.3 Å². The van der Waals surface area contributed by atoms with E-state index >= 15 is 0 Å². The number of rotatable bonds is 6. The lowest BCUT2D eigenvalue weighted by Gasteiger charge is -2.16. The number of carbonyl (C=O) groups is 2. The molecule has 0 unspecified atom stereocenters. The number of benzene rings is 1. The van der Waals surface area contributed by atoms with E-state index < -0.39 is 12.1 Å². The van der Waals surface area contributed by atoms with Crippen LogP contribution in [-0.4, -0.2) is 34.8 Å². The Balaban J connectivity index is 1.45. The molecule has 128 valence electrons. The highest BCUT2D eigenvalue weighted by Crippen LogP contribution is 2.29. The Morgan fingerprint density at radius 2 is 2.12 bits per heavy atom. The molecule has 1 fully saturated rings. The van der Waals surface area contributed by atoms with Crippen molar-refractivity contribution < 1.29 is 14.3 Å². The molecule has 5 nitrogen and oxygen atoms in total. The van der Waals surface area contributed by atoms with E-state index in [2.05, 4.69) is 10.3 Å². The first kappa shape index (κ1) is 17.2. The van der Waals surface area contributed by atoms with Gasteiger partial charge in [-0.15, -0.1) is 11.3 Å². The molecular weight excluding hydrogens is 344 g/mol. The Morgan fingerprint density at radius 1 is 1.38 bits per heavy atom. The summed E-state index contributed by atoms with van der Waals surface area (Å²) >= 11 is 2.89. The fraction of sp³-hybridized carbons (Fsp3) is 0.471. The quantitative estimate of drug-likeness (QED) is 0.629. The van der Waals surface area contributed by atoms with Crippen LogP contribution in [0.25, 0.3) is 10.2 Å². The minimum Gasteiger partial charge on any atom is -0.452 e. The lowest BCUT2D eigenvalue weighted by Crippen LogP contribution is -2.41. The van der Waals surface area contributed by atoms with Crippen LogP contribution >= 0.6 is 23.1 Å². The van der Waals surface area contributed by atoms with Crippen LogP contribution < -0.4 is 5.32 Å². The van der Waals surface area contributed by atoms with Crippen molar-refractivity contribution in [2.24, 2.45) is 0 Å². The highest BCUT2D eigenvalue weighted by molar-refractivity contribution is 8.01. The maximum Gasteiger partial charge on any atom is 0.317 e. The third-order valence-corrected chi connectivity index (χ3v) is 6.12. The molecule has 0 saturated heterocycles. The van der Waals surface area contributed by atoms with Crippen molar-refractivity contribution in [2.75, 3.05) is 5.75 Å². The highest BCUT2D eigenvalue weighted by atomic mass is 32.2. The summed E-state index contributed by atoms with van der Waals surface area (Å²) in [6, 6.07) is 8.09. The van der Waals surface area contributed by atoms with E-state index in [0.717, 1.165) is 40.2 Å². The molecule has 1 N–H and O–H groups in total. The lowest BCUT2D eigenvalue weighted by atomic mass is 10.2. The summed E-state index contributed by atoms with van der Waals surface area (Å²) in [4.78, 5) is 28.4. The van der Waals surface area contributed by atoms with Crippen LogP contribution in [0.3, 0.4) is 0 Å². The Bertz CT molecular complexity index is 692. The number of fused-ring (bicyclic) bond motifs is 1. The molecule has 0 aliphatic heterocycles. The van der Waals surface area contributed by atoms with E-state index in [1.807, 2.05) is 24.3 Å². The average molecular weight is 364 g/mol. The van der Waals surface area contributed by atoms with Crippen LogP contribution in [0.4, 0.5) is 0 Å². The first-order valence-electron chi connectivity index (χ1n) is 8.10. The van der Waals surface area contributed by atoms with Gasteiger partial charge in [-0.3, -0.25) is 9.59 Å². The van der Waals surface area contributed by atoms with Crippen LogP contribution in [0.1, 0.15) is 32.6 Å². The molecule has 7 heteroatoms. The number of aromatic nitrogens is 1. The number of carbonyl (C=O) groups excluding carboxylic acids is 2. The van der Waals surface area contributed by atoms with Crippen LogP contribution in [0.2, 0.25) is 0 Å². The molecule has 1 aliphatic rings. The molecule has 1 aromatic carbocycles. The molecule has 1 aromatic heterocycles. The van der Waals surface area contributed by atoms with Crippen LogP contribution in [-0.2, 0) is 14.3 Å². The predicted octanol–water partition coefficient (Wildman–Crippen LogP) is 3.38. The van der Waals surface area contributed by atoms with Gasteiger partial charge in [0.1, 0.15) is 0 Å². The summed E-state index contributed by atoms with van der Waals surface area (Å²) in [6.07, 6.45) is 3.57. The van der Waals surface area contributed by atoms with Crippen molar-refractivity contribution in [3.05, 3.63) is 24.3 Å². The summed E-state index contributed by atoms with van der Waals surface area (Å²) in [7, 11) is 0. The number of hydrogen-bond acceptors (Lipinski definition) is 6. The molecule has 24 heavy (non-hydrogen) atoms. The fourth-order valence-electron chi connectivity index (χ4n) is 2.71. The second-order valence-corrected chi connectivity index (χ2v) is 8.11. The summed E-state index contributed by atoms with van der Waals surface area (Å²) < 4.78 is 7.15. The van der Waals surface area contributed by atoms with Crippen molar-refractivity contribution in [1.29, 1.82) is 0 Å². The smallest absolute Gasteiger partial charge is 0.317 e. The Labute approximate surface area is 149 Å². The Hall–Kier alpha value is -1.60. The summed E-state index contributed by atoms with van der Waals surface area (Å²) in [5.74, 6) is -0.450. The Morgan fingerprint density at radius 3 is 2.88 bits per heavy atom. The molecule has 1 aliphatic carbocycles. The number of nitrogens with one attached hydrogen (secondary N) is 1. The monoisotopic (exact) mass is 364 g/mol. The minimum absolute atomic E-state index is 0.154. The maximum absolute atomic E-state index is 12.0. The van der Waals surface area contributed by atoms with E-state index in [4.69, 9.17) is 4.74 Å².